The zero-order valence-corrected chi connectivity index (χ0v) is 38.7. The summed E-state index contributed by atoms with van der Waals surface area (Å²) in [5, 5.41) is 40.2. The smallest absolute Gasteiger partial charge is 0.306 e. The van der Waals surface area contributed by atoms with E-state index in [0.29, 0.717) is 13.0 Å². The van der Waals surface area contributed by atoms with E-state index in [1.54, 1.807) is 0 Å². The normalized spacial score (nSPS) is 20.3. The van der Waals surface area contributed by atoms with Gasteiger partial charge in [-0.05, 0) is 44.9 Å². The first-order valence-corrected chi connectivity index (χ1v) is 25.1. The summed E-state index contributed by atoms with van der Waals surface area (Å²) in [7, 11) is 0. The lowest BCUT2D eigenvalue weighted by Gasteiger charge is -2.39. The minimum absolute atomic E-state index is 0.120. The minimum atomic E-state index is -1.54. The largest absolute Gasteiger partial charge is 0.457 e. The number of aliphatic hydroxyl groups excluding tert-OH is 4. The number of allylic oxidation sites excluding steroid dienone is 6. The monoisotopic (exact) mass is 851 g/mol. The molecule has 4 N–H and O–H groups in total. The lowest BCUT2D eigenvalue weighted by molar-refractivity contribution is -0.305. The average Bonchev–Trinajstić information content (AvgIpc) is 3.25. The molecule has 0 spiro atoms. The van der Waals surface area contributed by atoms with E-state index in [9.17, 15) is 25.2 Å². The Morgan fingerprint density at radius 3 is 1.53 bits per heavy atom. The zero-order chi connectivity index (χ0) is 43.6. The lowest BCUT2D eigenvalue weighted by Crippen LogP contribution is -2.59. The van der Waals surface area contributed by atoms with Crippen molar-refractivity contribution in [3.8, 4) is 0 Å². The molecule has 0 aliphatic carbocycles. The number of hydrogen-bond donors (Lipinski definition) is 4. The molecule has 352 valence electrons. The average molecular weight is 851 g/mol. The van der Waals surface area contributed by atoms with E-state index in [1.807, 2.05) is 0 Å². The molecule has 6 unspecified atom stereocenters. The number of esters is 1. The fourth-order valence-corrected chi connectivity index (χ4v) is 7.68. The van der Waals surface area contributed by atoms with Gasteiger partial charge in [-0.3, -0.25) is 4.79 Å². The van der Waals surface area contributed by atoms with E-state index in [2.05, 4.69) is 50.3 Å². The summed E-state index contributed by atoms with van der Waals surface area (Å²) in [4.78, 5) is 12.8. The Morgan fingerprint density at radius 1 is 0.550 bits per heavy atom. The van der Waals surface area contributed by atoms with Crippen LogP contribution in [-0.4, -0.2) is 89.6 Å². The highest BCUT2D eigenvalue weighted by Crippen LogP contribution is 2.23. The Hall–Kier alpha value is -1.59. The van der Waals surface area contributed by atoms with Crippen molar-refractivity contribution < 1.29 is 44.2 Å². The van der Waals surface area contributed by atoms with Gasteiger partial charge in [0.2, 0.25) is 0 Å². The molecule has 0 radical (unpaired) electrons. The van der Waals surface area contributed by atoms with E-state index in [-0.39, 0.29) is 19.2 Å². The zero-order valence-electron chi connectivity index (χ0n) is 38.7. The summed E-state index contributed by atoms with van der Waals surface area (Å²) in [5.74, 6) is -0.318. The molecule has 0 aromatic rings. The van der Waals surface area contributed by atoms with Crippen molar-refractivity contribution in [1.82, 2.24) is 0 Å². The fourth-order valence-electron chi connectivity index (χ4n) is 7.68. The Morgan fingerprint density at radius 2 is 1.02 bits per heavy atom. The molecule has 60 heavy (non-hydrogen) atoms. The molecular weight excluding hydrogens is 757 g/mol. The van der Waals surface area contributed by atoms with Crippen LogP contribution in [0.2, 0.25) is 0 Å². The van der Waals surface area contributed by atoms with Crippen molar-refractivity contribution in [3.05, 3.63) is 36.5 Å². The van der Waals surface area contributed by atoms with E-state index in [4.69, 9.17) is 18.9 Å². The van der Waals surface area contributed by atoms with Crippen molar-refractivity contribution in [2.75, 3.05) is 26.4 Å². The van der Waals surface area contributed by atoms with E-state index in [1.165, 1.54) is 128 Å². The highest BCUT2D eigenvalue weighted by atomic mass is 16.7. The molecular formula is C51H94O9. The molecule has 1 aliphatic heterocycles. The van der Waals surface area contributed by atoms with Crippen LogP contribution < -0.4 is 0 Å². The van der Waals surface area contributed by atoms with Gasteiger partial charge in [-0.25, -0.2) is 0 Å². The first-order valence-electron chi connectivity index (χ1n) is 25.1. The minimum Gasteiger partial charge on any atom is -0.457 e. The maximum Gasteiger partial charge on any atom is 0.306 e. The Bertz CT molecular complexity index is 1010. The highest BCUT2D eigenvalue weighted by Gasteiger charge is 2.44. The summed E-state index contributed by atoms with van der Waals surface area (Å²) in [6, 6.07) is 0. The lowest BCUT2D eigenvalue weighted by atomic mass is 9.99. The summed E-state index contributed by atoms with van der Waals surface area (Å²) >= 11 is 0. The van der Waals surface area contributed by atoms with Crippen LogP contribution in [0.15, 0.2) is 36.5 Å². The van der Waals surface area contributed by atoms with Gasteiger partial charge < -0.3 is 39.4 Å². The SMILES string of the molecule is CC/C=C\C/C=C\C/C=C\CCCCCCOCC(COC1OC(CO)C(O)C(O)C1O)OC(=O)CCCCCCCCCCCCCCCCCCCCCCCCC. The van der Waals surface area contributed by atoms with Crippen LogP contribution >= 0.6 is 0 Å². The molecule has 1 rings (SSSR count). The van der Waals surface area contributed by atoms with Gasteiger partial charge in [-0.2, -0.15) is 0 Å². The molecule has 1 fully saturated rings. The van der Waals surface area contributed by atoms with E-state index < -0.39 is 43.4 Å². The van der Waals surface area contributed by atoms with Crippen molar-refractivity contribution >= 4 is 5.97 Å². The first-order chi connectivity index (χ1) is 29.4. The Balaban J connectivity index is 2.18. The van der Waals surface area contributed by atoms with Crippen LogP contribution in [0.25, 0.3) is 0 Å². The van der Waals surface area contributed by atoms with Gasteiger partial charge >= 0.3 is 5.97 Å². The molecule has 1 saturated heterocycles. The summed E-state index contributed by atoms with van der Waals surface area (Å²) in [6.07, 6.45) is 44.7. The predicted molar refractivity (Wildman–Crippen MR) is 247 cm³/mol. The standard InChI is InChI=1S/C51H94O9/c1-3-5-7-9-11-13-15-17-19-20-21-22-23-24-25-26-27-28-30-32-34-36-38-40-47(53)59-45(44-58-51-50(56)49(55)48(54)46(42-52)60-51)43-57-41-39-37-35-33-31-29-18-16-14-12-10-8-6-4-2/h6,8,12,14,18,29,45-46,48-52,54-56H,3-5,7,9-11,13,15-17,19-28,30-44H2,1-2H3/b8-6-,14-12-,29-18-. The first kappa shape index (κ1) is 56.4. The summed E-state index contributed by atoms with van der Waals surface area (Å²) in [5.41, 5.74) is 0. The van der Waals surface area contributed by atoms with Crippen LogP contribution in [0.4, 0.5) is 0 Å². The van der Waals surface area contributed by atoms with Gasteiger partial charge in [-0.1, -0.05) is 204 Å². The third-order valence-electron chi connectivity index (χ3n) is 11.6. The van der Waals surface area contributed by atoms with Gasteiger partial charge in [0.15, 0.2) is 6.29 Å². The van der Waals surface area contributed by atoms with Gasteiger partial charge in [-0.15, -0.1) is 0 Å². The fraction of sp³-hybridized carbons (Fsp3) is 0.863. The van der Waals surface area contributed by atoms with Gasteiger partial charge in [0, 0.05) is 13.0 Å². The Kier molecular flexibility index (Phi) is 40.2. The van der Waals surface area contributed by atoms with Gasteiger partial charge in [0.05, 0.1) is 19.8 Å². The van der Waals surface area contributed by atoms with E-state index in [0.717, 1.165) is 70.6 Å². The van der Waals surface area contributed by atoms with Crippen molar-refractivity contribution in [3.63, 3.8) is 0 Å². The van der Waals surface area contributed by atoms with Crippen molar-refractivity contribution in [1.29, 1.82) is 0 Å². The van der Waals surface area contributed by atoms with Gasteiger partial charge in [0.25, 0.3) is 0 Å². The maximum atomic E-state index is 12.8. The number of ether oxygens (including phenoxy) is 4. The van der Waals surface area contributed by atoms with Crippen LogP contribution in [0, 0.1) is 0 Å². The molecule has 6 atom stereocenters. The Labute approximate surface area is 368 Å². The quantitative estimate of drug-likeness (QED) is 0.0269. The van der Waals surface area contributed by atoms with Gasteiger partial charge in [0.1, 0.15) is 30.5 Å². The maximum absolute atomic E-state index is 12.8. The third kappa shape index (κ3) is 33.0. The van der Waals surface area contributed by atoms with Crippen LogP contribution in [-0.2, 0) is 23.7 Å². The third-order valence-corrected chi connectivity index (χ3v) is 11.6. The van der Waals surface area contributed by atoms with Crippen LogP contribution in [0.5, 0.6) is 0 Å². The number of carbonyl (C=O) groups is 1. The van der Waals surface area contributed by atoms with Crippen LogP contribution in [0.1, 0.15) is 219 Å². The number of hydrogen-bond acceptors (Lipinski definition) is 9. The highest BCUT2D eigenvalue weighted by molar-refractivity contribution is 5.69. The second-order valence-corrected chi connectivity index (χ2v) is 17.2. The molecule has 0 aromatic carbocycles. The number of rotatable bonds is 43. The molecule has 9 heteroatoms. The number of aliphatic hydroxyl groups is 4. The molecule has 9 nitrogen and oxygen atoms in total. The topological polar surface area (TPSA) is 135 Å². The van der Waals surface area contributed by atoms with Crippen molar-refractivity contribution in [2.45, 2.75) is 256 Å². The number of unbranched alkanes of at least 4 members (excludes halogenated alkanes) is 26. The molecule has 0 saturated carbocycles. The summed E-state index contributed by atoms with van der Waals surface area (Å²) in [6.45, 7) is 4.42. The van der Waals surface area contributed by atoms with Crippen LogP contribution in [0.3, 0.4) is 0 Å². The predicted octanol–water partition coefficient (Wildman–Crippen LogP) is 11.9. The van der Waals surface area contributed by atoms with E-state index >= 15 is 0 Å². The molecule has 0 bridgehead atoms. The van der Waals surface area contributed by atoms with Crippen molar-refractivity contribution in [2.24, 2.45) is 0 Å². The second-order valence-electron chi connectivity index (χ2n) is 17.2. The summed E-state index contributed by atoms with van der Waals surface area (Å²) < 4.78 is 22.8. The number of carbonyl (C=O) groups excluding carboxylic acids is 1. The molecule has 1 aliphatic rings. The molecule has 1 heterocycles. The molecule has 0 amide bonds. The second kappa shape index (κ2) is 42.7. The molecule has 0 aromatic heterocycles.